The first-order valence-electron chi connectivity index (χ1n) is 19.2. The average Bonchev–Trinajstić information content (AvgIpc) is 3.98. The van der Waals surface area contributed by atoms with Gasteiger partial charge in [0.1, 0.15) is 0 Å². The number of benzene rings is 4. The molecule has 350 valence electrons. The van der Waals surface area contributed by atoms with Gasteiger partial charge in [-0.1, -0.05) is 130 Å². The second-order valence-corrected chi connectivity index (χ2v) is 14.6. The van der Waals surface area contributed by atoms with Crippen LogP contribution in [0.2, 0.25) is 0 Å². The van der Waals surface area contributed by atoms with Gasteiger partial charge in [-0.15, -0.1) is 18.4 Å². The van der Waals surface area contributed by atoms with Crippen LogP contribution in [0.5, 0.6) is 0 Å². The number of hydrogen-bond acceptors (Lipinski definition) is 3. The number of fused-ring (bicyclic) bond motifs is 3. The molecular weight excluding hydrogens is 864 g/mol. The summed E-state index contributed by atoms with van der Waals surface area (Å²) in [5.41, 5.74) is 21.0. The molecule has 0 amide bonds. The van der Waals surface area contributed by atoms with Crippen molar-refractivity contribution in [3.63, 3.8) is 0 Å². The Morgan fingerprint density at radius 1 is 0.516 bits per heavy atom. The van der Waals surface area contributed by atoms with E-state index in [0.717, 1.165) is 48.8 Å². The van der Waals surface area contributed by atoms with E-state index in [9.17, 15) is 0 Å². The van der Waals surface area contributed by atoms with Crippen LogP contribution in [0.4, 0.5) is 22.7 Å². The number of rotatable bonds is 10. The van der Waals surface area contributed by atoms with E-state index >= 15 is 0 Å². The Labute approximate surface area is 431 Å². The van der Waals surface area contributed by atoms with Gasteiger partial charge in [0.25, 0.3) is 0 Å². The molecule has 0 N–H and O–H groups in total. The van der Waals surface area contributed by atoms with Gasteiger partial charge in [0.2, 0.25) is 0 Å². The van der Waals surface area contributed by atoms with Crippen molar-refractivity contribution in [3.05, 3.63) is 192 Å². The number of hydrogen-bond donors (Lipinski definition) is 0. The van der Waals surface area contributed by atoms with E-state index in [1.54, 1.807) is 0 Å². The summed E-state index contributed by atoms with van der Waals surface area (Å²) in [6.07, 6.45) is 16.6. The van der Waals surface area contributed by atoms with Crippen molar-refractivity contribution in [2.75, 3.05) is 43.7 Å². The Kier molecular flexibility index (Phi) is 48.8. The first-order valence-corrected chi connectivity index (χ1v) is 19.2. The van der Waals surface area contributed by atoms with E-state index in [4.69, 9.17) is 5.43 Å². The van der Waals surface area contributed by atoms with Crippen molar-refractivity contribution in [1.82, 2.24) is 5.01 Å². The van der Waals surface area contributed by atoms with Crippen LogP contribution in [0, 0.1) is 84.6 Å². The third-order valence-electron chi connectivity index (χ3n) is 10.8. The monoisotopic (exact) mass is 949 g/mol. The molecule has 3 saturated carbocycles. The number of nitrogens with zero attached hydrogens (tertiary/aromatic N) is 6. The predicted molar refractivity (Wildman–Crippen MR) is 271 cm³/mol. The third kappa shape index (κ3) is 22.9. The van der Waals surface area contributed by atoms with Gasteiger partial charge in [-0.05, 0) is 93.6 Å². The minimum absolute atomic E-state index is 0. The van der Waals surface area contributed by atoms with E-state index in [2.05, 4.69) is 106 Å². The predicted octanol–water partition coefficient (Wildman–Crippen LogP) is 16.7. The Hall–Kier alpha value is -1.86. The average molecular weight is 949 g/mol. The Balaban J connectivity index is -0.000000135. The topological polar surface area (TPSA) is 52.0 Å². The van der Waals surface area contributed by atoms with E-state index in [1.807, 2.05) is 43.4 Å². The molecule has 0 spiro atoms. The summed E-state index contributed by atoms with van der Waals surface area (Å²) in [6.45, 7) is 3.25. The third-order valence-corrected chi connectivity index (χ3v) is 10.8. The molecule has 0 unspecified atom stereocenters. The Morgan fingerprint density at radius 3 is 1.45 bits per heavy atom. The largest absolute Gasteiger partial charge is 0.620 e. The maximum atomic E-state index is 4.88. The van der Waals surface area contributed by atoms with Crippen LogP contribution in [-0.2, 0) is 65.2 Å². The molecule has 6 nitrogen and oxygen atoms in total. The van der Waals surface area contributed by atoms with Crippen LogP contribution in [0.25, 0.3) is 27.4 Å². The van der Waals surface area contributed by atoms with Crippen LogP contribution in [-0.4, -0.2) is 38.7 Å². The second-order valence-electron chi connectivity index (χ2n) is 14.6. The summed E-state index contributed by atoms with van der Waals surface area (Å²) >= 11 is 0. The van der Waals surface area contributed by atoms with Crippen LogP contribution >= 0.6 is 0 Å². The van der Waals surface area contributed by atoms with E-state index in [0.29, 0.717) is 0 Å². The molecule has 0 atom stereocenters. The SMILES string of the molecule is CN(CC1CCCC1)[N-]c1ccccc1.C[N-]N(CC1CCCC1)c1ccccc1.[CH3-].[CH3-].[CH3-].[CH3-].[CH3-].[CH3-].[CH3-].[CH3-].[CH3-].[Ti].[Ti].[Ti].c1ccc2c(c1)[N-]N(CC1CCCC1)c1ccccc1-2. The first-order chi connectivity index (χ1) is 24.7. The van der Waals surface area contributed by atoms with E-state index in [-0.39, 0.29) is 132 Å². The standard InChI is InChI=1S/C18H19N2.2C13H19N2.9CH3.3Ti/c1-2-8-14(7-1)13-20-18-12-6-4-10-16(18)15-9-3-5-11-17(15)19-20;1-15(11-12-7-5-6-8-12)14-13-9-3-2-4-10-13;1-14-15(11-12-7-5-6-8-12)13-9-3-2-4-10-13;;;;;;;;;;;;/h3-6,9-12,14H,1-2,7-8,13H2;2*2-4,9-10,12H,5-8,11H2,1H3;9*1H3;;;/q12*-1;;;. The van der Waals surface area contributed by atoms with Gasteiger partial charge in [-0.25, -0.2) is 0 Å². The molecule has 1 heterocycles. The molecule has 0 aromatic heterocycles. The molecule has 0 saturated heterocycles. The van der Waals surface area contributed by atoms with Crippen LogP contribution in [0.1, 0.15) is 77.0 Å². The maximum Gasteiger partial charge on any atom is 0.0311 e. The Bertz CT molecular complexity index is 1550. The summed E-state index contributed by atoms with van der Waals surface area (Å²) in [4.78, 5) is 0. The fourth-order valence-electron chi connectivity index (χ4n) is 8.11. The van der Waals surface area contributed by atoms with Gasteiger partial charge in [-0.3, -0.25) is 0 Å². The summed E-state index contributed by atoms with van der Waals surface area (Å²) in [7, 11) is 3.95. The summed E-state index contributed by atoms with van der Waals surface area (Å²) < 4.78 is 0. The van der Waals surface area contributed by atoms with Crippen LogP contribution in [0.15, 0.2) is 109 Å². The zero-order chi connectivity index (χ0) is 34.4. The molecule has 62 heavy (non-hydrogen) atoms. The van der Waals surface area contributed by atoms with Crippen LogP contribution < -0.4 is 10.0 Å². The molecule has 3 fully saturated rings. The van der Waals surface area contributed by atoms with Gasteiger partial charge < -0.3 is 98.1 Å². The summed E-state index contributed by atoms with van der Waals surface area (Å²) in [6, 6.07) is 37.7. The normalized spacial score (nSPS) is 13.9. The van der Waals surface area contributed by atoms with Crippen LogP contribution in [0.3, 0.4) is 0 Å². The fourth-order valence-corrected chi connectivity index (χ4v) is 8.11. The zero-order valence-corrected chi connectivity index (χ0v) is 45.6. The van der Waals surface area contributed by atoms with Crippen molar-refractivity contribution in [3.8, 4) is 11.1 Å². The molecule has 4 aromatic carbocycles. The quantitative estimate of drug-likeness (QED) is 0.0904. The maximum absolute atomic E-state index is 4.88. The molecule has 4 aromatic rings. The molecule has 3 aliphatic carbocycles. The molecule has 0 bridgehead atoms. The molecule has 0 radical (unpaired) electrons. The molecule has 8 rings (SSSR count). The van der Waals surface area contributed by atoms with Crippen molar-refractivity contribution in [2.45, 2.75) is 77.0 Å². The minimum atomic E-state index is 0. The molecule has 4 aliphatic rings. The molecular formula is C53H84N6Ti3-12. The van der Waals surface area contributed by atoms with Crippen molar-refractivity contribution in [2.24, 2.45) is 17.8 Å². The van der Waals surface area contributed by atoms with Gasteiger partial charge in [0, 0.05) is 95.2 Å². The van der Waals surface area contributed by atoms with Crippen molar-refractivity contribution >= 4 is 22.7 Å². The Morgan fingerprint density at radius 2 is 0.935 bits per heavy atom. The summed E-state index contributed by atoms with van der Waals surface area (Å²) in [5.74, 6) is 2.51. The van der Waals surface area contributed by atoms with Gasteiger partial charge in [0.05, 0.1) is 0 Å². The fraction of sp³-hybridized carbons (Fsp3) is 0.377. The van der Waals surface area contributed by atoms with Crippen molar-refractivity contribution in [1.29, 1.82) is 0 Å². The van der Waals surface area contributed by atoms with Gasteiger partial charge >= 0.3 is 0 Å². The molecule has 9 heteroatoms. The van der Waals surface area contributed by atoms with Gasteiger partial charge in [-0.2, -0.15) is 0 Å². The van der Waals surface area contributed by atoms with Gasteiger partial charge in [0.15, 0.2) is 0 Å². The summed E-state index contributed by atoms with van der Waals surface area (Å²) in [5, 5.41) is 6.45. The molecule has 1 aliphatic heterocycles. The number of anilines is 2. The van der Waals surface area contributed by atoms with Crippen molar-refractivity contribution < 1.29 is 65.2 Å². The number of para-hydroxylation sites is 2. The van der Waals surface area contributed by atoms with E-state index in [1.165, 1.54) is 99.6 Å². The second kappa shape index (κ2) is 40.6. The van der Waals surface area contributed by atoms with E-state index < -0.39 is 0 Å². The first kappa shape index (κ1) is 74.5. The smallest absolute Gasteiger partial charge is 0.0311 e. The minimum Gasteiger partial charge on any atom is -0.620 e. The zero-order valence-electron chi connectivity index (χ0n) is 40.9.